The van der Waals surface area contributed by atoms with Crippen LogP contribution in [0.2, 0.25) is 0 Å². The molecule has 0 aliphatic rings. The predicted octanol–water partition coefficient (Wildman–Crippen LogP) is 1.51. The molecule has 106 valence electrons. The molecule has 0 heterocycles. The third kappa shape index (κ3) is 4.13. The van der Waals surface area contributed by atoms with Gasteiger partial charge in [0, 0.05) is 12.5 Å². The monoisotopic (exact) mass is 267 g/mol. The Morgan fingerprint density at radius 3 is 2.42 bits per heavy atom. The molecule has 1 amide bonds. The maximum absolute atomic E-state index is 11.4. The van der Waals surface area contributed by atoms with Crippen molar-refractivity contribution in [3.63, 3.8) is 0 Å². The minimum absolute atomic E-state index is 0.0838. The summed E-state index contributed by atoms with van der Waals surface area (Å²) in [5.74, 6) is 0.969. The Hall–Kier alpha value is -1.75. The van der Waals surface area contributed by atoms with Crippen LogP contribution in [0.3, 0.4) is 0 Å². The fourth-order valence-corrected chi connectivity index (χ4v) is 1.58. The first-order chi connectivity index (χ1) is 8.99. The van der Waals surface area contributed by atoms with Gasteiger partial charge < -0.3 is 19.9 Å². The zero-order valence-corrected chi connectivity index (χ0v) is 11.8. The molecule has 19 heavy (non-hydrogen) atoms. The molecule has 0 saturated carbocycles. The third-order valence-electron chi connectivity index (χ3n) is 2.79. The first-order valence-electron chi connectivity index (χ1n) is 6.17. The average molecular weight is 267 g/mol. The zero-order valence-electron chi connectivity index (χ0n) is 11.8. The molecular formula is C14H21NO4. The average Bonchev–Trinajstić information content (AvgIpc) is 2.43. The van der Waals surface area contributed by atoms with Crippen LogP contribution in [0, 0.1) is 5.92 Å². The maximum atomic E-state index is 11.4. The standard InChI is InChI=1S/C14H21NO4/c1-9(2)14(17)15-8-11(16)10-5-6-12(18-3)13(7-10)19-4/h5-7,9,11,16H,8H2,1-4H3,(H,15,17). The van der Waals surface area contributed by atoms with Gasteiger partial charge in [-0.05, 0) is 17.7 Å². The Kier molecular flexibility index (Phi) is 5.63. The van der Waals surface area contributed by atoms with E-state index in [1.165, 1.54) is 7.11 Å². The second kappa shape index (κ2) is 6.99. The molecule has 5 heteroatoms. The molecule has 0 aliphatic heterocycles. The first-order valence-corrected chi connectivity index (χ1v) is 6.17. The minimum atomic E-state index is -0.775. The highest BCUT2D eigenvalue weighted by atomic mass is 16.5. The molecule has 1 atom stereocenters. The molecule has 0 saturated heterocycles. The van der Waals surface area contributed by atoms with E-state index >= 15 is 0 Å². The predicted molar refractivity (Wildman–Crippen MR) is 72.4 cm³/mol. The highest BCUT2D eigenvalue weighted by Crippen LogP contribution is 2.29. The summed E-state index contributed by atoms with van der Waals surface area (Å²) in [6.45, 7) is 3.78. The molecule has 0 fully saturated rings. The van der Waals surface area contributed by atoms with Gasteiger partial charge in [-0.3, -0.25) is 4.79 Å². The van der Waals surface area contributed by atoms with Gasteiger partial charge in [-0.1, -0.05) is 19.9 Å². The number of nitrogens with one attached hydrogen (secondary N) is 1. The summed E-state index contributed by atoms with van der Waals surface area (Å²) in [7, 11) is 3.09. The van der Waals surface area contributed by atoms with Crippen LogP contribution in [0.4, 0.5) is 0 Å². The Morgan fingerprint density at radius 1 is 1.26 bits per heavy atom. The smallest absolute Gasteiger partial charge is 0.222 e. The Balaban J connectivity index is 2.72. The third-order valence-corrected chi connectivity index (χ3v) is 2.79. The highest BCUT2D eigenvalue weighted by Gasteiger charge is 2.14. The summed E-state index contributed by atoms with van der Waals surface area (Å²) in [6, 6.07) is 5.17. The number of amides is 1. The van der Waals surface area contributed by atoms with Crippen LogP contribution in [-0.2, 0) is 4.79 Å². The Bertz CT molecular complexity index is 431. The lowest BCUT2D eigenvalue weighted by atomic mass is 10.1. The molecule has 0 spiro atoms. The fourth-order valence-electron chi connectivity index (χ4n) is 1.58. The molecule has 1 rings (SSSR count). The van der Waals surface area contributed by atoms with E-state index in [4.69, 9.17) is 9.47 Å². The molecule has 0 aromatic heterocycles. The van der Waals surface area contributed by atoms with E-state index in [1.54, 1.807) is 39.2 Å². The minimum Gasteiger partial charge on any atom is -0.493 e. The fraction of sp³-hybridized carbons (Fsp3) is 0.500. The van der Waals surface area contributed by atoms with Gasteiger partial charge in [0.2, 0.25) is 5.91 Å². The van der Waals surface area contributed by atoms with Crippen LogP contribution in [-0.4, -0.2) is 31.8 Å². The molecule has 0 radical (unpaired) electrons. The van der Waals surface area contributed by atoms with E-state index in [1.807, 2.05) is 0 Å². The number of aliphatic hydroxyl groups excluding tert-OH is 1. The van der Waals surface area contributed by atoms with Crippen LogP contribution >= 0.6 is 0 Å². The second-order valence-electron chi connectivity index (χ2n) is 4.53. The van der Waals surface area contributed by atoms with Crippen molar-refractivity contribution in [3.8, 4) is 11.5 Å². The van der Waals surface area contributed by atoms with Crippen molar-refractivity contribution >= 4 is 5.91 Å². The van der Waals surface area contributed by atoms with E-state index < -0.39 is 6.10 Å². The van der Waals surface area contributed by atoms with Crippen LogP contribution in [0.15, 0.2) is 18.2 Å². The lowest BCUT2D eigenvalue weighted by Gasteiger charge is -2.15. The number of hydrogen-bond donors (Lipinski definition) is 2. The lowest BCUT2D eigenvalue weighted by molar-refractivity contribution is -0.124. The quantitative estimate of drug-likeness (QED) is 0.820. The summed E-state index contributed by atoms with van der Waals surface area (Å²) in [4.78, 5) is 11.4. The Morgan fingerprint density at radius 2 is 1.89 bits per heavy atom. The first kappa shape index (κ1) is 15.3. The van der Waals surface area contributed by atoms with Crippen LogP contribution in [0.1, 0.15) is 25.5 Å². The van der Waals surface area contributed by atoms with Crippen molar-refractivity contribution in [3.05, 3.63) is 23.8 Å². The Labute approximate surface area is 113 Å². The summed E-state index contributed by atoms with van der Waals surface area (Å²) < 4.78 is 10.3. The molecule has 1 aromatic rings. The number of hydrogen-bond acceptors (Lipinski definition) is 4. The largest absolute Gasteiger partial charge is 0.493 e. The zero-order chi connectivity index (χ0) is 14.4. The maximum Gasteiger partial charge on any atom is 0.222 e. The number of rotatable bonds is 6. The van der Waals surface area contributed by atoms with E-state index in [9.17, 15) is 9.90 Å². The molecule has 1 aromatic carbocycles. The number of aliphatic hydroxyl groups is 1. The van der Waals surface area contributed by atoms with E-state index in [-0.39, 0.29) is 18.4 Å². The van der Waals surface area contributed by atoms with E-state index in [2.05, 4.69) is 5.32 Å². The van der Waals surface area contributed by atoms with Crippen LogP contribution in [0.5, 0.6) is 11.5 Å². The SMILES string of the molecule is COc1ccc(C(O)CNC(=O)C(C)C)cc1OC. The van der Waals surface area contributed by atoms with Crippen molar-refractivity contribution in [2.45, 2.75) is 20.0 Å². The number of ether oxygens (including phenoxy) is 2. The number of methoxy groups -OCH3 is 2. The van der Waals surface area contributed by atoms with E-state index in [0.717, 1.165) is 0 Å². The molecule has 5 nitrogen and oxygen atoms in total. The molecule has 2 N–H and O–H groups in total. The van der Waals surface area contributed by atoms with Gasteiger partial charge in [-0.2, -0.15) is 0 Å². The van der Waals surface area contributed by atoms with Crippen LogP contribution < -0.4 is 14.8 Å². The summed E-state index contributed by atoms with van der Waals surface area (Å²) in [6.07, 6.45) is -0.775. The van der Waals surface area contributed by atoms with Gasteiger partial charge in [-0.15, -0.1) is 0 Å². The van der Waals surface area contributed by atoms with Gasteiger partial charge >= 0.3 is 0 Å². The molecule has 1 unspecified atom stereocenters. The van der Waals surface area contributed by atoms with Crippen LogP contribution in [0.25, 0.3) is 0 Å². The summed E-state index contributed by atoms with van der Waals surface area (Å²) in [5, 5.41) is 12.7. The highest BCUT2D eigenvalue weighted by molar-refractivity contribution is 5.77. The number of carbonyl (C=O) groups excluding carboxylic acids is 1. The molecule has 0 bridgehead atoms. The van der Waals surface area contributed by atoms with Crippen molar-refractivity contribution in [1.29, 1.82) is 0 Å². The van der Waals surface area contributed by atoms with Gasteiger partial charge in [0.15, 0.2) is 11.5 Å². The van der Waals surface area contributed by atoms with Crippen molar-refractivity contribution in [1.82, 2.24) is 5.32 Å². The lowest BCUT2D eigenvalue weighted by Crippen LogP contribution is -2.31. The second-order valence-corrected chi connectivity index (χ2v) is 4.53. The molecular weight excluding hydrogens is 246 g/mol. The van der Waals surface area contributed by atoms with E-state index in [0.29, 0.717) is 17.1 Å². The number of benzene rings is 1. The summed E-state index contributed by atoms with van der Waals surface area (Å²) in [5.41, 5.74) is 0.668. The van der Waals surface area contributed by atoms with Gasteiger partial charge in [0.1, 0.15) is 0 Å². The van der Waals surface area contributed by atoms with Gasteiger partial charge in [-0.25, -0.2) is 0 Å². The van der Waals surface area contributed by atoms with Crippen molar-refractivity contribution < 1.29 is 19.4 Å². The topological polar surface area (TPSA) is 67.8 Å². The van der Waals surface area contributed by atoms with Gasteiger partial charge in [0.05, 0.1) is 20.3 Å². The molecule has 0 aliphatic carbocycles. The van der Waals surface area contributed by atoms with Crippen molar-refractivity contribution in [2.75, 3.05) is 20.8 Å². The normalized spacial score (nSPS) is 12.1. The van der Waals surface area contributed by atoms with Crippen molar-refractivity contribution in [2.24, 2.45) is 5.92 Å². The summed E-state index contributed by atoms with van der Waals surface area (Å²) >= 11 is 0. The van der Waals surface area contributed by atoms with Gasteiger partial charge in [0.25, 0.3) is 0 Å². The number of carbonyl (C=O) groups is 1.